The maximum Gasteiger partial charge on any atom is 0.411 e. The maximum atomic E-state index is 12.2. The van der Waals surface area contributed by atoms with Crippen LogP contribution in [0.5, 0.6) is 0 Å². The molecule has 0 saturated carbocycles. The molecule has 6 atom stereocenters. The Morgan fingerprint density at radius 2 is 1.21 bits per heavy atom. The fourth-order valence-electron chi connectivity index (χ4n) is 5.08. The summed E-state index contributed by atoms with van der Waals surface area (Å²) in [5.41, 5.74) is 1.76. The van der Waals surface area contributed by atoms with E-state index in [1.807, 2.05) is 60.7 Å². The molecule has 3 fully saturated rings. The minimum Gasteiger partial charge on any atom is -0.464 e. The first kappa shape index (κ1) is 31.8. The van der Waals surface area contributed by atoms with E-state index in [0.717, 1.165) is 11.1 Å². The number of esters is 2. The van der Waals surface area contributed by atoms with Crippen molar-refractivity contribution in [2.75, 3.05) is 26.3 Å². The second-order valence-corrected chi connectivity index (χ2v) is 10.3. The number of hydrogen-bond donors (Lipinski definition) is 1. The summed E-state index contributed by atoms with van der Waals surface area (Å²) in [4.78, 5) is 50.9. The molecular weight excluding hydrogens is 560 g/mol. The molecule has 3 saturated heterocycles. The highest BCUT2D eigenvalue weighted by molar-refractivity contribution is 5.84. The highest BCUT2D eigenvalue weighted by atomic mass is 16.6. The van der Waals surface area contributed by atoms with Gasteiger partial charge < -0.3 is 28.8 Å². The monoisotopic (exact) mass is 598 g/mol. The highest BCUT2D eigenvalue weighted by Crippen LogP contribution is 2.37. The van der Waals surface area contributed by atoms with E-state index in [-0.39, 0.29) is 51.1 Å². The van der Waals surface area contributed by atoms with Crippen LogP contribution in [0.3, 0.4) is 0 Å². The molecule has 43 heavy (non-hydrogen) atoms. The number of rotatable bonds is 8. The van der Waals surface area contributed by atoms with Gasteiger partial charge >= 0.3 is 24.1 Å². The summed E-state index contributed by atoms with van der Waals surface area (Å²) in [5, 5.41) is 9.93. The number of amides is 2. The van der Waals surface area contributed by atoms with Gasteiger partial charge in [0, 0.05) is 5.92 Å². The third kappa shape index (κ3) is 8.02. The molecule has 1 N–H and O–H groups in total. The number of carbonyl (C=O) groups is 4. The van der Waals surface area contributed by atoms with Gasteiger partial charge in [0.1, 0.15) is 31.5 Å². The topological polar surface area (TPSA) is 144 Å². The lowest BCUT2D eigenvalue weighted by Crippen LogP contribution is -2.45. The van der Waals surface area contributed by atoms with E-state index in [4.69, 9.17) is 23.7 Å². The summed E-state index contributed by atoms with van der Waals surface area (Å²) in [6.45, 7) is 6.40. The smallest absolute Gasteiger partial charge is 0.411 e. The van der Waals surface area contributed by atoms with Crippen LogP contribution in [0.4, 0.5) is 9.59 Å². The summed E-state index contributed by atoms with van der Waals surface area (Å²) in [7, 11) is 0. The Balaban J connectivity index is 0.000000197. The normalized spacial score (nSPS) is 25.1. The van der Waals surface area contributed by atoms with Crippen LogP contribution in [0.1, 0.15) is 31.9 Å². The van der Waals surface area contributed by atoms with Crippen molar-refractivity contribution in [3.63, 3.8) is 0 Å². The number of aliphatic hydroxyl groups is 1. The van der Waals surface area contributed by atoms with E-state index in [2.05, 4.69) is 0 Å². The molecule has 0 bridgehead atoms. The van der Waals surface area contributed by atoms with Crippen LogP contribution >= 0.6 is 0 Å². The summed E-state index contributed by atoms with van der Waals surface area (Å²) in [5.74, 6) is -1.33. The SMILES string of the molecule is CCOC(=O)[C@@H]1C(C)C(O)CN1C(=O)OCc1ccccc1.CCOC(=O)[C@@H]1C2OC2CN1C(=O)OCc1ccccc1. The zero-order valence-corrected chi connectivity index (χ0v) is 24.5. The van der Waals surface area contributed by atoms with Crippen molar-refractivity contribution in [1.82, 2.24) is 9.80 Å². The Labute approximate surface area is 250 Å². The largest absolute Gasteiger partial charge is 0.464 e. The molecule has 3 aliphatic heterocycles. The van der Waals surface area contributed by atoms with Crippen molar-refractivity contribution < 1.29 is 48.0 Å². The molecule has 0 radical (unpaired) electrons. The predicted molar refractivity (Wildman–Crippen MR) is 151 cm³/mol. The van der Waals surface area contributed by atoms with Gasteiger partial charge in [-0.2, -0.15) is 0 Å². The molecule has 12 nitrogen and oxygen atoms in total. The van der Waals surface area contributed by atoms with Crippen molar-refractivity contribution in [2.24, 2.45) is 5.92 Å². The van der Waals surface area contributed by atoms with Crippen LogP contribution < -0.4 is 0 Å². The molecule has 5 rings (SSSR count). The first-order chi connectivity index (χ1) is 20.7. The minimum atomic E-state index is -0.807. The first-order valence-corrected chi connectivity index (χ1v) is 14.4. The number of nitrogens with zero attached hydrogens (tertiary/aromatic N) is 2. The Hall–Kier alpha value is -4.16. The third-order valence-corrected chi connectivity index (χ3v) is 7.41. The van der Waals surface area contributed by atoms with Gasteiger partial charge in [-0.15, -0.1) is 0 Å². The van der Waals surface area contributed by atoms with Crippen molar-refractivity contribution in [3.05, 3.63) is 71.8 Å². The molecule has 12 heteroatoms. The number of ether oxygens (including phenoxy) is 5. The number of fused-ring (bicyclic) bond motifs is 1. The van der Waals surface area contributed by atoms with Crippen LogP contribution in [-0.4, -0.2) is 95.7 Å². The van der Waals surface area contributed by atoms with Crippen LogP contribution in [0, 0.1) is 5.92 Å². The molecule has 2 aromatic carbocycles. The molecule has 3 aliphatic rings. The number of benzene rings is 2. The van der Waals surface area contributed by atoms with Crippen LogP contribution in [-0.2, 0) is 46.5 Å². The molecule has 2 amide bonds. The second-order valence-electron chi connectivity index (χ2n) is 10.3. The molecule has 0 aliphatic carbocycles. The standard InChI is InChI=1S/C16H21NO5.C15H17NO5/c1-3-21-15(19)14-11(2)13(18)9-17(14)16(20)22-10-12-7-5-4-6-8-12;1-2-19-14(17)12-13-11(21-13)8-16(12)15(18)20-9-10-6-4-3-5-7-10/h4-8,11,13-14,18H,3,9-10H2,1-2H3;3-7,11-13H,2,8-9H2,1H3/t11?,13?,14-;11?,12-,13?/m00/s1. The molecule has 0 spiro atoms. The zero-order valence-electron chi connectivity index (χ0n) is 24.5. The average Bonchev–Trinajstić information content (AvgIpc) is 3.57. The van der Waals surface area contributed by atoms with Gasteiger partial charge in [0.25, 0.3) is 0 Å². The van der Waals surface area contributed by atoms with Crippen molar-refractivity contribution >= 4 is 24.1 Å². The summed E-state index contributed by atoms with van der Waals surface area (Å²) < 4.78 is 25.8. The van der Waals surface area contributed by atoms with Crippen molar-refractivity contribution in [1.29, 1.82) is 0 Å². The molecule has 232 valence electrons. The molecule has 0 aromatic heterocycles. The van der Waals surface area contributed by atoms with E-state index in [1.54, 1.807) is 20.8 Å². The van der Waals surface area contributed by atoms with Crippen LogP contribution in [0.25, 0.3) is 0 Å². The summed E-state index contributed by atoms with van der Waals surface area (Å²) >= 11 is 0. The Kier molecular flexibility index (Phi) is 11.0. The van der Waals surface area contributed by atoms with E-state index < -0.39 is 42.3 Å². The Morgan fingerprint density at radius 1 is 0.744 bits per heavy atom. The van der Waals surface area contributed by atoms with Gasteiger partial charge in [-0.05, 0) is 25.0 Å². The molecule has 4 unspecified atom stereocenters. The van der Waals surface area contributed by atoms with Crippen LogP contribution in [0.15, 0.2) is 60.7 Å². The van der Waals surface area contributed by atoms with Gasteiger partial charge in [0.2, 0.25) is 0 Å². The Bertz CT molecular complexity index is 1240. The lowest BCUT2D eigenvalue weighted by atomic mass is 10.0. The lowest BCUT2D eigenvalue weighted by Gasteiger charge is -2.24. The lowest BCUT2D eigenvalue weighted by molar-refractivity contribution is -0.150. The predicted octanol–water partition coefficient (Wildman–Crippen LogP) is 2.91. The number of β-amino-alcohol motifs (C(OH)–C–C–N with tert-alkyl or cyclic N) is 1. The number of carbonyl (C=O) groups excluding carboxylic acids is 4. The molecule has 3 heterocycles. The van der Waals surface area contributed by atoms with Gasteiger partial charge in [-0.3, -0.25) is 9.80 Å². The minimum absolute atomic E-state index is 0.0660. The van der Waals surface area contributed by atoms with E-state index in [0.29, 0.717) is 6.54 Å². The fraction of sp³-hybridized carbons (Fsp3) is 0.484. The van der Waals surface area contributed by atoms with Crippen molar-refractivity contribution in [3.8, 4) is 0 Å². The second kappa shape index (κ2) is 14.8. The molecule has 2 aromatic rings. The van der Waals surface area contributed by atoms with E-state index in [9.17, 15) is 24.3 Å². The van der Waals surface area contributed by atoms with Crippen molar-refractivity contribution in [2.45, 2.75) is 64.4 Å². The number of morpholine rings is 1. The first-order valence-electron chi connectivity index (χ1n) is 14.4. The summed E-state index contributed by atoms with van der Waals surface area (Å²) in [6, 6.07) is 17.2. The average molecular weight is 599 g/mol. The fourth-order valence-corrected chi connectivity index (χ4v) is 5.08. The number of hydrogen-bond acceptors (Lipinski definition) is 10. The van der Waals surface area contributed by atoms with Crippen LogP contribution in [0.2, 0.25) is 0 Å². The van der Waals surface area contributed by atoms with Gasteiger partial charge in [0.15, 0.2) is 6.04 Å². The highest BCUT2D eigenvalue weighted by Gasteiger charge is 2.60. The maximum absolute atomic E-state index is 12.2. The van der Waals surface area contributed by atoms with Gasteiger partial charge in [0.05, 0.1) is 32.4 Å². The van der Waals surface area contributed by atoms with Gasteiger partial charge in [-0.25, -0.2) is 19.2 Å². The Morgan fingerprint density at radius 3 is 1.70 bits per heavy atom. The van der Waals surface area contributed by atoms with Gasteiger partial charge in [-0.1, -0.05) is 67.6 Å². The zero-order chi connectivity index (χ0) is 30.9. The molecular formula is C31H38N2O10. The van der Waals surface area contributed by atoms with E-state index >= 15 is 0 Å². The number of aliphatic hydroxyl groups excluding tert-OH is 1. The number of likely N-dealkylation sites (tertiary alicyclic amines) is 2. The van der Waals surface area contributed by atoms with E-state index in [1.165, 1.54) is 9.80 Å². The summed E-state index contributed by atoms with van der Waals surface area (Å²) in [6.07, 6.45) is -2.20. The quantitative estimate of drug-likeness (QED) is 0.274. The number of epoxide rings is 1. The third-order valence-electron chi connectivity index (χ3n) is 7.41.